The van der Waals surface area contributed by atoms with Crippen LogP contribution in [0, 0.1) is 0 Å². The lowest BCUT2D eigenvalue weighted by atomic mass is 10.2. The highest BCUT2D eigenvalue weighted by molar-refractivity contribution is 5.79. The number of carbonyl (C=O) groups is 5. The Labute approximate surface area is 206 Å². The molecule has 0 bridgehead atoms. The van der Waals surface area contributed by atoms with Gasteiger partial charge in [0.05, 0.1) is 32.7 Å². The number of nitrogens with zero attached hydrogens (tertiary/aromatic N) is 3. The zero-order chi connectivity index (χ0) is 27.0. The van der Waals surface area contributed by atoms with Crippen molar-refractivity contribution in [3.63, 3.8) is 0 Å². The molecular weight excluding hydrogens is 462 g/mol. The van der Waals surface area contributed by atoms with E-state index in [0.717, 1.165) is 12.8 Å². The predicted molar refractivity (Wildman–Crippen MR) is 128 cm³/mol. The molecule has 13 heteroatoms. The molecular formula is C22H41N5O8. The maximum Gasteiger partial charge on any atom is 0.317 e. The minimum atomic E-state index is -1.12. The van der Waals surface area contributed by atoms with E-state index in [1.54, 1.807) is 0 Å². The molecule has 0 saturated carbocycles. The van der Waals surface area contributed by atoms with Gasteiger partial charge in [0.2, 0.25) is 11.8 Å². The van der Waals surface area contributed by atoms with Crippen LogP contribution in [0.15, 0.2) is 0 Å². The van der Waals surface area contributed by atoms with Gasteiger partial charge in [-0.05, 0) is 26.7 Å². The van der Waals surface area contributed by atoms with Gasteiger partial charge >= 0.3 is 17.9 Å². The lowest BCUT2D eigenvalue weighted by molar-refractivity contribution is -0.141. The molecule has 0 aromatic carbocycles. The van der Waals surface area contributed by atoms with Crippen LogP contribution in [0.25, 0.3) is 0 Å². The normalized spacial score (nSPS) is 13.0. The van der Waals surface area contributed by atoms with Gasteiger partial charge < -0.3 is 26.0 Å². The number of carbonyl (C=O) groups excluding carboxylic acids is 2. The van der Waals surface area contributed by atoms with Gasteiger partial charge in [-0.25, -0.2) is 0 Å². The van der Waals surface area contributed by atoms with Crippen LogP contribution in [0.4, 0.5) is 0 Å². The number of carboxylic acid groups (broad SMARTS) is 3. The highest BCUT2D eigenvalue weighted by Gasteiger charge is 2.20. The van der Waals surface area contributed by atoms with Gasteiger partial charge in [0.25, 0.3) is 0 Å². The summed E-state index contributed by atoms with van der Waals surface area (Å²) in [5.41, 5.74) is 0. The van der Waals surface area contributed by atoms with Gasteiger partial charge in [-0.15, -0.1) is 0 Å². The summed E-state index contributed by atoms with van der Waals surface area (Å²) in [6, 6.07) is -0.120. The third-order valence-electron chi connectivity index (χ3n) is 5.32. The monoisotopic (exact) mass is 503 g/mol. The number of nitrogens with one attached hydrogen (secondary N) is 2. The van der Waals surface area contributed by atoms with Crippen LogP contribution in [0.5, 0.6) is 0 Å². The fraction of sp³-hybridized carbons (Fsp3) is 0.773. The second-order valence-electron chi connectivity index (χ2n) is 8.63. The summed E-state index contributed by atoms with van der Waals surface area (Å²) in [6.07, 6.45) is 1.44. The van der Waals surface area contributed by atoms with Crippen molar-refractivity contribution < 1.29 is 39.3 Å². The van der Waals surface area contributed by atoms with Crippen molar-refractivity contribution in [3.8, 4) is 0 Å². The van der Waals surface area contributed by atoms with Crippen molar-refractivity contribution in [2.45, 2.75) is 52.6 Å². The topological polar surface area (TPSA) is 180 Å². The van der Waals surface area contributed by atoms with Crippen LogP contribution in [0.1, 0.15) is 40.5 Å². The van der Waals surface area contributed by atoms with Crippen molar-refractivity contribution in [3.05, 3.63) is 0 Å². The lowest BCUT2D eigenvalue weighted by Gasteiger charge is -2.28. The smallest absolute Gasteiger partial charge is 0.317 e. The van der Waals surface area contributed by atoms with E-state index in [-0.39, 0.29) is 69.7 Å². The van der Waals surface area contributed by atoms with E-state index in [9.17, 15) is 39.3 Å². The number of carboxylic acids is 3. The first-order valence-electron chi connectivity index (χ1n) is 11.8. The number of amides is 2. The number of aliphatic carboxylic acids is 3. The third-order valence-corrected chi connectivity index (χ3v) is 5.32. The van der Waals surface area contributed by atoms with Crippen molar-refractivity contribution in [2.24, 2.45) is 0 Å². The summed E-state index contributed by atoms with van der Waals surface area (Å²) >= 11 is 0. The maximum atomic E-state index is 12.2. The molecule has 2 unspecified atom stereocenters. The SMILES string of the molecule is CCC(C)NC(=O)CN(CCN(CCN(CC(=O)O)CC(=O)NC(C)CC)CC(=O)O)CC(=O)O. The Morgan fingerprint density at radius 1 is 0.571 bits per heavy atom. The molecule has 35 heavy (non-hydrogen) atoms. The standard InChI is InChI=1S/C22H41N5O8/c1-5-16(3)23-18(28)11-26(14-21(32)33)9-7-25(13-20(30)31)8-10-27(15-22(34)35)12-19(29)24-17(4)6-2/h16-17H,5-15H2,1-4H3,(H,23,28)(H,24,29)(H,30,31)(H,32,33)(H,34,35). The predicted octanol–water partition coefficient (Wildman–Crippen LogP) is -1.02. The minimum absolute atomic E-state index is 0.0598. The fourth-order valence-corrected chi connectivity index (χ4v) is 3.09. The van der Waals surface area contributed by atoms with Gasteiger partial charge in [0, 0.05) is 38.3 Å². The summed E-state index contributed by atoms with van der Waals surface area (Å²) in [4.78, 5) is 62.5. The van der Waals surface area contributed by atoms with Crippen molar-refractivity contribution >= 4 is 29.7 Å². The first kappa shape index (κ1) is 32.2. The summed E-state index contributed by atoms with van der Waals surface area (Å²) in [5, 5.41) is 33.2. The van der Waals surface area contributed by atoms with E-state index in [4.69, 9.17) is 0 Å². The quantitative estimate of drug-likeness (QED) is 0.137. The Morgan fingerprint density at radius 3 is 1.14 bits per heavy atom. The zero-order valence-corrected chi connectivity index (χ0v) is 21.2. The molecule has 0 radical (unpaired) electrons. The van der Waals surface area contributed by atoms with E-state index in [2.05, 4.69) is 10.6 Å². The van der Waals surface area contributed by atoms with Gasteiger partial charge in [-0.2, -0.15) is 0 Å². The van der Waals surface area contributed by atoms with Crippen molar-refractivity contribution in [1.82, 2.24) is 25.3 Å². The second-order valence-corrected chi connectivity index (χ2v) is 8.63. The summed E-state index contributed by atoms with van der Waals surface area (Å²) in [6.45, 7) is 6.52. The molecule has 202 valence electrons. The molecule has 0 spiro atoms. The van der Waals surface area contributed by atoms with E-state index in [1.165, 1.54) is 14.7 Å². The Hall–Kier alpha value is -2.77. The Morgan fingerprint density at radius 2 is 0.857 bits per heavy atom. The molecule has 2 amide bonds. The van der Waals surface area contributed by atoms with Crippen LogP contribution in [-0.4, -0.2) is 131 Å². The molecule has 0 aliphatic carbocycles. The number of rotatable bonds is 20. The molecule has 0 rings (SSSR count). The highest BCUT2D eigenvalue weighted by Crippen LogP contribution is 1.98. The molecule has 13 nitrogen and oxygen atoms in total. The maximum absolute atomic E-state index is 12.2. The molecule has 2 atom stereocenters. The van der Waals surface area contributed by atoms with E-state index in [0.29, 0.717) is 0 Å². The molecule has 0 aliphatic heterocycles. The van der Waals surface area contributed by atoms with Gasteiger partial charge in [0.1, 0.15) is 0 Å². The van der Waals surface area contributed by atoms with Crippen LogP contribution < -0.4 is 10.6 Å². The first-order valence-corrected chi connectivity index (χ1v) is 11.8. The molecule has 5 N–H and O–H groups in total. The summed E-state index contributed by atoms with van der Waals surface area (Å²) in [7, 11) is 0. The number of hydrogen-bond acceptors (Lipinski definition) is 8. The number of hydrogen-bond donors (Lipinski definition) is 5. The minimum Gasteiger partial charge on any atom is -0.480 e. The zero-order valence-electron chi connectivity index (χ0n) is 21.2. The highest BCUT2D eigenvalue weighted by atomic mass is 16.4. The molecule has 0 fully saturated rings. The van der Waals surface area contributed by atoms with Crippen LogP contribution in [0.2, 0.25) is 0 Å². The molecule has 0 aromatic heterocycles. The van der Waals surface area contributed by atoms with E-state index in [1.807, 2.05) is 27.7 Å². The van der Waals surface area contributed by atoms with E-state index >= 15 is 0 Å². The first-order chi connectivity index (χ1) is 16.4. The molecule has 0 saturated heterocycles. The van der Waals surface area contributed by atoms with Gasteiger partial charge in [-0.3, -0.25) is 38.7 Å². The van der Waals surface area contributed by atoms with Crippen LogP contribution in [0.3, 0.4) is 0 Å². The summed E-state index contributed by atoms with van der Waals surface area (Å²) < 4.78 is 0. The molecule has 0 aliphatic rings. The average molecular weight is 504 g/mol. The average Bonchev–Trinajstić information content (AvgIpc) is 2.73. The van der Waals surface area contributed by atoms with E-state index < -0.39 is 31.0 Å². The third kappa shape index (κ3) is 17.3. The Balaban J connectivity index is 5.13. The lowest BCUT2D eigenvalue weighted by Crippen LogP contribution is -2.48. The second kappa shape index (κ2) is 17.6. The Bertz CT molecular complexity index is 655. The van der Waals surface area contributed by atoms with Crippen molar-refractivity contribution in [2.75, 3.05) is 58.9 Å². The Kier molecular flexibility index (Phi) is 16.2. The molecule has 0 heterocycles. The van der Waals surface area contributed by atoms with Crippen molar-refractivity contribution in [1.29, 1.82) is 0 Å². The fourth-order valence-electron chi connectivity index (χ4n) is 3.09. The molecule has 0 aromatic rings. The largest absolute Gasteiger partial charge is 0.480 e. The summed E-state index contributed by atoms with van der Waals surface area (Å²) in [5.74, 6) is -4.00. The van der Waals surface area contributed by atoms with Crippen LogP contribution >= 0.6 is 0 Å². The van der Waals surface area contributed by atoms with Crippen LogP contribution in [-0.2, 0) is 24.0 Å². The van der Waals surface area contributed by atoms with Gasteiger partial charge in [0.15, 0.2) is 0 Å². The van der Waals surface area contributed by atoms with Gasteiger partial charge in [-0.1, -0.05) is 13.8 Å².